The van der Waals surface area contributed by atoms with Gasteiger partial charge in [-0.05, 0) is 37.2 Å². The molecule has 1 aromatic rings. The third-order valence-electron chi connectivity index (χ3n) is 3.53. The molecule has 0 spiro atoms. The molecule has 4 nitrogen and oxygen atoms in total. The number of likely N-dealkylation sites (N-methyl/N-ethyl adjacent to an activating group) is 1. The first-order chi connectivity index (χ1) is 9.61. The van der Waals surface area contributed by atoms with Crippen LogP contribution in [0, 0.1) is 0 Å². The average molecular weight is 295 g/mol. The van der Waals surface area contributed by atoms with Gasteiger partial charge >= 0.3 is 0 Å². The van der Waals surface area contributed by atoms with Crippen molar-refractivity contribution in [2.45, 2.75) is 12.5 Å². The minimum Gasteiger partial charge on any atom is -0.496 e. The zero-order valence-electron chi connectivity index (χ0n) is 11.7. The molecule has 108 valence electrons. The number of nitrogens with zero attached hydrogens (tertiary/aromatic N) is 1. The fraction of sp³-hybridized carbons (Fsp3) is 0.400. The summed E-state index contributed by atoms with van der Waals surface area (Å²) in [7, 11) is 3.43. The van der Waals surface area contributed by atoms with Crippen LogP contribution in [0.1, 0.15) is 12.0 Å². The van der Waals surface area contributed by atoms with Crippen molar-refractivity contribution >= 4 is 23.6 Å². The maximum absolute atomic E-state index is 12.1. The summed E-state index contributed by atoms with van der Waals surface area (Å²) in [6, 6.07) is 5.60. The molecule has 0 bridgehead atoms. The number of rotatable bonds is 4. The van der Waals surface area contributed by atoms with Gasteiger partial charge in [0.1, 0.15) is 5.75 Å². The summed E-state index contributed by atoms with van der Waals surface area (Å²) in [5.74, 6) is 0.685. The Morgan fingerprint density at radius 3 is 3.00 bits per heavy atom. The number of ether oxygens (including phenoxy) is 1. The van der Waals surface area contributed by atoms with Gasteiger partial charge in [0, 0.05) is 36.3 Å². The monoisotopic (exact) mass is 294 g/mol. The molecule has 1 unspecified atom stereocenters. The number of hydrogen-bond donors (Lipinski definition) is 1. The van der Waals surface area contributed by atoms with Gasteiger partial charge in [-0.25, -0.2) is 0 Å². The second-order valence-electron chi connectivity index (χ2n) is 4.82. The zero-order chi connectivity index (χ0) is 14.5. The van der Waals surface area contributed by atoms with Gasteiger partial charge in [-0.1, -0.05) is 11.6 Å². The first-order valence-corrected chi connectivity index (χ1v) is 6.98. The normalized spacial score (nSPS) is 18.4. The number of halogens is 1. The predicted molar refractivity (Wildman–Crippen MR) is 81.1 cm³/mol. The van der Waals surface area contributed by atoms with Crippen LogP contribution in [0.15, 0.2) is 24.3 Å². The Balaban J connectivity index is 2.08. The second kappa shape index (κ2) is 6.77. The van der Waals surface area contributed by atoms with Gasteiger partial charge in [-0.15, -0.1) is 0 Å². The largest absolute Gasteiger partial charge is 0.496 e. The summed E-state index contributed by atoms with van der Waals surface area (Å²) >= 11 is 5.96. The van der Waals surface area contributed by atoms with E-state index in [1.54, 1.807) is 42.4 Å². The van der Waals surface area contributed by atoms with Crippen LogP contribution in [0.5, 0.6) is 5.75 Å². The lowest BCUT2D eigenvalue weighted by molar-refractivity contribution is -0.126. The minimum atomic E-state index is -0.0132. The van der Waals surface area contributed by atoms with Crippen molar-refractivity contribution in [2.75, 3.05) is 27.2 Å². The second-order valence-corrected chi connectivity index (χ2v) is 5.25. The Morgan fingerprint density at radius 2 is 2.35 bits per heavy atom. The predicted octanol–water partition coefficient (Wildman–Crippen LogP) is 2.18. The summed E-state index contributed by atoms with van der Waals surface area (Å²) in [4.78, 5) is 13.9. The molecule has 5 heteroatoms. The van der Waals surface area contributed by atoms with E-state index in [0.717, 1.165) is 25.1 Å². The van der Waals surface area contributed by atoms with Gasteiger partial charge in [0.2, 0.25) is 5.91 Å². The van der Waals surface area contributed by atoms with Crippen LogP contribution in [0.25, 0.3) is 6.08 Å². The lowest BCUT2D eigenvalue weighted by Gasteiger charge is -2.22. The molecule has 1 saturated heterocycles. The van der Waals surface area contributed by atoms with Crippen LogP contribution in [-0.2, 0) is 4.79 Å². The highest BCUT2D eigenvalue weighted by molar-refractivity contribution is 6.30. The Kier molecular flexibility index (Phi) is 5.04. The fourth-order valence-electron chi connectivity index (χ4n) is 2.26. The van der Waals surface area contributed by atoms with Crippen LogP contribution in [-0.4, -0.2) is 44.1 Å². The molecule has 2 rings (SSSR count). The topological polar surface area (TPSA) is 41.6 Å². The zero-order valence-corrected chi connectivity index (χ0v) is 12.5. The molecular formula is C15H19ClN2O2. The molecule has 1 amide bonds. The molecule has 0 aliphatic carbocycles. The number of nitrogens with one attached hydrogen (secondary N) is 1. The smallest absolute Gasteiger partial charge is 0.246 e. The standard InChI is InChI=1S/C15H19ClN2O2/c1-18(13-7-8-17-10-13)15(19)6-3-11-9-12(16)4-5-14(11)20-2/h3-6,9,13,17H,7-8,10H2,1-2H3/b6-3+. The third kappa shape index (κ3) is 3.52. The van der Waals surface area contributed by atoms with Crippen LogP contribution in [0.2, 0.25) is 5.02 Å². The van der Waals surface area contributed by atoms with Gasteiger partial charge in [-0.3, -0.25) is 4.79 Å². The van der Waals surface area contributed by atoms with E-state index < -0.39 is 0 Å². The summed E-state index contributed by atoms with van der Waals surface area (Å²) in [6.07, 6.45) is 4.30. The minimum absolute atomic E-state index is 0.0132. The van der Waals surface area contributed by atoms with E-state index >= 15 is 0 Å². The summed E-state index contributed by atoms with van der Waals surface area (Å²) < 4.78 is 5.25. The Morgan fingerprint density at radius 1 is 1.55 bits per heavy atom. The first kappa shape index (κ1) is 14.9. The Hall–Kier alpha value is -1.52. The van der Waals surface area contributed by atoms with Crippen molar-refractivity contribution in [1.82, 2.24) is 10.2 Å². The molecule has 0 saturated carbocycles. The third-order valence-corrected chi connectivity index (χ3v) is 3.76. The quantitative estimate of drug-likeness (QED) is 0.866. The molecule has 1 aromatic carbocycles. The van der Waals surface area contributed by atoms with E-state index in [2.05, 4.69) is 5.32 Å². The van der Waals surface area contributed by atoms with Gasteiger partial charge in [-0.2, -0.15) is 0 Å². The lowest BCUT2D eigenvalue weighted by Crippen LogP contribution is -2.37. The molecule has 1 aliphatic rings. The summed E-state index contributed by atoms with van der Waals surface area (Å²) in [5, 5.41) is 3.87. The van der Waals surface area contributed by atoms with Gasteiger partial charge in [0.15, 0.2) is 0 Å². The van der Waals surface area contributed by atoms with Gasteiger partial charge in [0.25, 0.3) is 0 Å². The fourth-order valence-corrected chi connectivity index (χ4v) is 2.44. The maximum Gasteiger partial charge on any atom is 0.246 e. The van der Waals surface area contributed by atoms with E-state index in [9.17, 15) is 4.79 Å². The number of benzene rings is 1. The van der Waals surface area contributed by atoms with Crippen LogP contribution < -0.4 is 10.1 Å². The SMILES string of the molecule is COc1ccc(Cl)cc1/C=C/C(=O)N(C)C1CCNC1. The molecule has 20 heavy (non-hydrogen) atoms. The first-order valence-electron chi connectivity index (χ1n) is 6.61. The van der Waals surface area contributed by atoms with Crippen LogP contribution in [0.4, 0.5) is 0 Å². The maximum atomic E-state index is 12.1. The van der Waals surface area contributed by atoms with Crippen molar-refractivity contribution in [3.8, 4) is 5.75 Å². The highest BCUT2D eigenvalue weighted by Crippen LogP contribution is 2.23. The van der Waals surface area contributed by atoms with Crippen molar-refractivity contribution in [3.63, 3.8) is 0 Å². The van der Waals surface area contributed by atoms with Crippen LogP contribution >= 0.6 is 11.6 Å². The molecular weight excluding hydrogens is 276 g/mol. The molecule has 1 fully saturated rings. The van der Waals surface area contributed by atoms with E-state index in [1.807, 2.05) is 7.05 Å². The lowest BCUT2D eigenvalue weighted by atomic mass is 10.1. The summed E-state index contributed by atoms with van der Waals surface area (Å²) in [5.41, 5.74) is 0.797. The van der Waals surface area contributed by atoms with E-state index in [4.69, 9.17) is 16.3 Å². The van der Waals surface area contributed by atoms with E-state index in [-0.39, 0.29) is 11.9 Å². The van der Waals surface area contributed by atoms with Crippen molar-refractivity contribution < 1.29 is 9.53 Å². The highest BCUT2D eigenvalue weighted by atomic mass is 35.5. The molecule has 0 radical (unpaired) electrons. The molecule has 1 atom stereocenters. The molecule has 1 aliphatic heterocycles. The average Bonchev–Trinajstić information content (AvgIpc) is 2.98. The molecule has 1 heterocycles. The van der Waals surface area contributed by atoms with Gasteiger partial charge in [0.05, 0.1) is 7.11 Å². The van der Waals surface area contributed by atoms with Crippen molar-refractivity contribution in [3.05, 3.63) is 34.9 Å². The van der Waals surface area contributed by atoms with Crippen molar-refractivity contribution in [2.24, 2.45) is 0 Å². The Labute approximate surface area is 124 Å². The van der Waals surface area contributed by atoms with E-state index in [1.165, 1.54) is 0 Å². The summed E-state index contributed by atoms with van der Waals surface area (Å²) in [6.45, 7) is 1.82. The van der Waals surface area contributed by atoms with Crippen molar-refractivity contribution in [1.29, 1.82) is 0 Å². The number of carbonyl (C=O) groups is 1. The number of amides is 1. The number of carbonyl (C=O) groups excluding carboxylic acids is 1. The van der Waals surface area contributed by atoms with Crippen LogP contribution in [0.3, 0.4) is 0 Å². The number of hydrogen-bond acceptors (Lipinski definition) is 3. The molecule has 0 aromatic heterocycles. The highest BCUT2D eigenvalue weighted by Gasteiger charge is 2.21. The Bertz CT molecular complexity index is 511. The molecule has 1 N–H and O–H groups in total. The van der Waals surface area contributed by atoms with Gasteiger partial charge < -0.3 is 15.0 Å². The van der Waals surface area contributed by atoms with E-state index in [0.29, 0.717) is 10.8 Å². The number of methoxy groups -OCH3 is 1.